The highest BCUT2D eigenvalue weighted by Gasteiger charge is 2.44. The molecule has 32 heavy (non-hydrogen) atoms. The summed E-state index contributed by atoms with van der Waals surface area (Å²) in [5.74, 6) is -0.260. The number of hydrogen-bond donors (Lipinski definition) is 2. The number of anilines is 1. The van der Waals surface area contributed by atoms with Gasteiger partial charge in [-0.2, -0.15) is 31.3 Å². The summed E-state index contributed by atoms with van der Waals surface area (Å²) in [5.41, 5.74) is 7.13. The fourth-order valence-electron chi connectivity index (χ4n) is 4.24. The van der Waals surface area contributed by atoms with Gasteiger partial charge < -0.3 is 11.1 Å². The topological polar surface area (TPSA) is 101 Å². The number of rotatable bonds is 4. The number of hydrogen-bond acceptors (Lipinski definition) is 6. The Kier molecular flexibility index (Phi) is 7.15. The number of nitrogens with one attached hydrogen (secondary N) is 1. The maximum atomic E-state index is 14.9. The Morgan fingerprint density at radius 3 is 2.47 bits per heavy atom. The van der Waals surface area contributed by atoms with E-state index in [1.54, 1.807) is 40.7 Å². The average Bonchev–Trinajstić information content (AvgIpc) is 3.39. The fraction of sp³-hybridized carbons (Fsp3) is 0.238. The molecule has 0 unspecified atom stereocenters. The van der Waals surface area contributed by atoms with E-state index in [0.29, 0.717) is 29.9 Å². The lowest BCUT2D eigenvalue weighted by atomic mass is 10.0. The van der Waals surface area contributed by atoms with Crippen molar-refractivity contribution in [2.45, 2.75) is 23.4 Å². The maximum absolute atomic E-state index is 14.9. The SMILES string of the molecule is Nc1cnc(-c2ccc(-c3ccccc3S(=O)(=O)N3C[C@@H]4C[C@H]3CN4)cc2F)cn1.S.S. The predicted molar refractivity (Wildman–Crippen MR) is 132 cm³/mol. The van der Waals surface area contributed by atoms with Crippen LogP contribution in [-0.4, -0.2) is 47.9 Å². The van der Waals surface area contributed by atoms with E-state index < -0.39 is 15.8 Å². The zero-order chi connectivity index (χ0) is 20.9. The third-order valence-electron chi connectivity index (χ3n) is 5.71. The highest BCUT2D eigenvalue weighted by Crippen LogP contribution is 2.35. The quantitative estimate of drug-likeness (QED) is 0.579. The molecule has 3 N–H and O–H groups in total. The predicted octanol–water partition coefficient (Wildman–Crippen LogP) is 2.49. The Morgan fingerprint density at radius 2 is 1.84 bits per heavy atom. The molecule has 0 aliphatic carbocycles. The maximum Gasteiger partial charge on any atom is 0.244 e. The molecular weight excluding hydrogens is 469 g/mol. The summed E-state index contributed by atoms with van der Waals surface area (Å²) in [7, 11) is -3.69. The first-order valence-corrected chi connectivity index (χ1v) is 11.1. The molecule has 0 spiro atoms. The van der Waals surface area contributed by atoms with E-state index in [0.717, 1.165) is 6.42 Å². The second-order valence-electron chi connectivity index (χ2n) is 7.59. The summed E-state index contributed by atoms with van der Waals surface area (Å²) in [6.07, 6.45) is 3.60. The van der Waals surface area contributed by atoms with Gasteiger partial charge in [-0.15, -0.1) is 0 Å². The van der Waals surface area contributed by atoms with Crippen molar-refractivity contribution in [3.8, 4) is 22.4 Å². The molecule has 170 valence electrons. The van der Waals surface area contributed by atoms with Gasteiger partial charge in [-0.1, -0.05) is 24.3 Å². The van der Waals surface area contributed by atoms with E-state index in [1.165, 1.54) is 18.5 Å². The molecular formula is C21H24FN5O2S3. The molecule has 0 radical (unpaired) electrons. The normalized spacial score (nSPS) is 19.9. The molecule has 11 heteroatoms. The Hall–Kier alpha value is -2.18. The summed E-state index contributed by atoms with van der Waals surface area (Å²) < 4.78 is 43.3. The molecule has 0 amide bonds. The van der Waals surface area contributed by atoms with Gasteiger partial charge in [-0.05, 0) is 30.2 Å². The molecule has 2 saturated heterocycles. The Labute approximate surface area is 200 Å². The number of benzene rings is 2. The number of fused-ring (bicyclic) bond motifs is 2. The number of sulfonamides is 1. The molecule has 2 aliphatic rings. The Morgan fingerprint density at radius 1 is 1.06 bits per heavy atom. The molecule has 7 nitrogen and oxygen atoms in total. The first-order valence-electron chi connectivity index (χ1n) is 9.65. The minimum Gasteiger partial charge on any atom is -0.382 e. The first kappa shape index (κ1) is 24.5. The van der Waals surface area contributed by atoms with E-state index in [2.05, 4.69) is 15.3 Å². The lowest BCUT2D eigenvalue weighted by molar-refractivity contribution is 0.349. The number of nitrogens with two attached hydrogens (primary N) is 1. The van der Waals surface area contributed by atoms with Crippen molar-refractivity contribution in [3.05, 3.63) is 60.7 Å². The Balaban J connectivity index is 0.00000144. The first-order chi connectivity index (χ1) is 14.4. The lowest BCUT2D eigenvalue weighted by Gasteiger charge is -2.27. The summed E-state index contributed by atoms with van der Waals surface area (Å²) in [6.45, 7) is 1.13. The van der Waals surface area contributed by atoms with Crippen LogP contribution >= 0.6 is 27.0 Å². The van der Waals surface area contributed by atoms with Crippen LogP contribution in [0.25, 0.3) is 22.4 Å². The summed E-state index contributed by atoms with van der Waals surface area (Å²) in [4.78, 5) is 8.24. The van der Waals surface area contributed by atoms with Crippen LogP contribution in [0.3, 0.4) is 0 Å². The molecule has 2 aliphatic heterocycles. The molecule has 0 saturated carbocycles. The lowest BCUT2D eigenvalue weighted by Crippen LogP contribution is -2.46. The van der Waals surface area contributed by atoms with Gasteiger partial charge in [0.25, 0.3) is 0 Å². The van der Waals surface area contributed by atoms with Crippen LogP contribution in [0, 0.1) is 5.82 Å². The van der Waals surface area contributed by atoms with Crippen molar-refractivity contribution in [2.75, 3.05) is 18.8 Å². The smallest absolute Gasteiger partial charge is 0.244 e. The summed E-state index contributed by atoms with van der Waals surface area (Å²) in [5, 5.41) is 3.31. The molecule has 2 atom stereocenters. The van der Waals surface area contributed by atoms with Crippen molar-refractivity contribution in [1.29, 1.82) is 0 Å². The van der Waals surface area contributed by atoms with Crippen molar-refractivity contribution < 1.29 is 12.8 Å². The number of nitrogen functional groups attached to an aromatic ring is 1. The molecule has 3 heterocycles. The molecule has 3 aromatic rings. The monoisotopic (exact) mass is 493 g/mol. The third-order valence-corrected chi connectivity index (χ3v) is 7.68. The van der Waals surface area contributed by atoms with Crippen molar-refractivity contribution in [3.63, 3.8) is 0 Å². The van der Waals surface area contributed by atoms with Crippen LogP contribution < -0.4 is 11.1 Å². The number of nitrogens with zero attached hydrogens (tertiary/aromatic N) is 3. The molecule has 2 fully saturated rings. The van der Waals surface area contributed by atoms with Crippen LogP contribution in [0.4, 0.5) is 10.2 Å². The van der Waals surface area contributed by atoms with Crippen LogP contribution in [0.5, 0.6) is 0 Å². The zero-order valence-electron chi connectivity index (χ0n) is 17.0. The second kappa shape index (κ2) is 9.36. The average molecular weight is 494 g/mol. The minimum absolute atomic E-state index is 0. The van der Waals surface area contributed by atoms with Gasteiger partial charge in [0.2, 0.25) is 10.0 Å². The van der Waals surface area contributed by atoms with E-state index in [-0.39, 0.29) is 55.4 Å². The van der Waals surface area contributed by atoms with Crippen molar-refractivity contribution in [1.82, 2.24) is 19.6 Å². The van der Waals surface area contributed by atoms with Crippen molar-refractivity contribution >= 4 is 42.8 Å². The minimum atomic E-state index is -3.69. The molecule has 2 bridgehead atoms. The number of halogens is 1. The van der Waals surface area contributed by atoms with Crippen LogP contribution in [0.2, 0.25) is 0 Å². The summed E-state index contributed by atoms with van der Waals surface area (Å²) >= 11 is 0. The largest absolute Gasteiger partial charge is 0.382 e. The highest BCUT2D eigenvalue weighted by atomic mass is 32.2. The van der Waals surface area contributed by atoms with E-state index in [1.807, 2.05) is 0 Å². The van der Waals surface area contributed by atoms with E-state index in [9.17, 15) is 12.8 Å². The zero-order valence-corrected chi connectivity index (χ0v) is 19.8. The van der Waals surface area contributed by atoms with Gasteiger partial charge in [0.15, 0.2) is 0 Å². The van der Waals surface area contributed by atoms with Crippen LogP contribution in [0.1, 0.15) is 6.42 Å². The van der Waals surface area contributed by atoms with E-state index >= 15 is 0 Å². The van der Waals surface area contributed by atoms with Crippen LogP contribution in [0.15, 0.2) is 59.8 Å². The van der Waals surface area contributed by atoms with Gasteiger partial charge >= 0.3 is 0 Å². The van der Waals surface area contributed by atoms with Crippen LogP contribution in [-0.2, 0) is 10.0 Å². The third kappa shape index (κ3) is 4.23. The van der Waals surface area contributed by atoms with Gasteiger partial charge in [0.1, 0.15) is 11.6 Å². The van der Waals surface area contributed by atoms with Gasteiger partial charge in [0.05, 0.1) is 23.0 Å². The fourth-order valence-corrected chi connectivity index (χ4v) is 6.14. The number of aromatic nitrogens is 2. The van der Waals surface area contributed by atoms with Crippen molar-refractivity contribution in [2.24, 2.45) is 0 Å². The van der Waals surface area contributed by atoms with Gasteiger partial charge in [-0.25, -0.2) is 17.8 Å². The summed E-state index contributed by atoms with van der Waals surface area (Å²) in [6, 6.07) is 11.5. The molecule has 2 aromatic carbocycles. The van der Waals surface area contributed by atoms with E-state index in [4.69, 9.17) is 5.73 Å². The number of piperazine rings is 1. The molecule has 1 aromatic heterocycles. The van der Waals surface area contributed by atoms with Gasteiger partial charge in [-0.3, -0.25) is 4.98 Å². The second-order valence-corrected chi connectivity index (χ2v) is 9.45. The highest BCUT2D eigenvalue weighted by molar-refractivity contribution is 7.89. The standard InChI is InChI=1S/C21H20FN5O2S.2H2S/c22-18-7-13(5-6-17(18)19-10-26-21(23)11-25-19)16-3-1-2-4-20(16)30(28,29)27-12-14-8-15(27)9-24-14;;/h1-7,10-11,14-15,24H,8-9,12H2,(H2,23,26);2*1H2/t14-,15-;;/m0../s1. The Bertz CT molecular complexity index is 1220. The van der Waals surface area contributed by atoms with Gasteiger partial charge in [0, 0.05) is 36.3 Å². The molecule has 5 rings (SSSR count).